The minimum absolute atomic E-state index is 0.435. The summed E-state index contributed by atoms with van der Waals surface area (Å²) in [7, 11) is -3.03. The topological polar surface area (TPSA) is 58.2 Å². The van der Waals surface area contributed by atoms with Gasteiger partial charge in [-0.2, -0.15) is 0 Å². The molecule has 1 saturated carbocycles. The van der Waals surface area contributed by atoms with Crippen molar-refractivity contribution in [3.05, 3.63) is 0 Å². The molecule has 0 aliphatic heterocycles. The van der Waals surface area contributed by atoms with E-state index in [1.54, 1.807) is 0 Å². The normalized spacial score (nSPS) is 25.5. The fourth-order valence-electron chi connectivity index (χ4n) is 2.82. The SMILES string of the molecule is CC(C)(C)C1CCC(NCCCNS(C)(=O)=O)CC1. The molecular weight excluding hydrogens is 260 g/mol. The van der Waals surface area contributed by atoms with Crippen molar-refractivity contribution in [3.63, 3.8) is 0 Å². The smallest absolute Gasteiger partial charge is 0.208 e. The van der Waals surface area contributed by atoms with E-state index in [0.29, 0.717) is 18.0 Å². The molecule has 0 saturated heterocycles. The van der Waals surface area contributed by atoms with Crippen LogP contribution >= 0.6 is 0 Å². The number of hydrogen-bond donors (Lipinski definition) is 2. The van der Waals surface area contributed by atoms with Gasteiger partial charge < -0.3 is 5.32 Å². The average Bonchev–Trinajstić information content (AvgIpc) is 2.26. The molecule has 0 atom stereocenters. The molecule has 19 heavy (non-hydrogen) atoms. The minimum Gasteiger partial charge on any atom is -0.314 e. The van der Waals surface area contributed by atoms with E-state index in [-0.39, 0.29) is 0 Å². The molecule has 2 N–H and O–H groups in total. The summed E-state index contributed by atoms with van der Waals surface area (Å²) in [5, 5.41) is 3.55. The van der Waals surface area contributed by atoms with Crippen LogP contribution in [0.4, 0.5) is 0 Å². The van der Waals surface area contributed by atoms with Crippen LogP contribution in [0.15, 0.2) is 0 Å². The van der Waals surface area contributed by atoms with Gasteiger partial charge in [0.1, 0.15) is 0 Å². The lowest BCUT2D eigenvalue weighted by Crippen LogP contribution is -2.37. The quantitative estimate of drug-likeness (QED) is 0.737. The summed E-state index contributed by atoms with van der Waals surface area (Å²) in [6.07, 6.45) is 7.18. The monoisotopic (exact) mass is 290 g/mol. The van der Waals surface area contributed by atoms with Crippen LogP contribution in [0.1, 0.15) is 52.9 Å². The predicted molar refractivity (Wildman–Crippen MR) is 80.7 cm³/mol. The minimum atomic E-state index is -3.03. The highest BCUT2D eigenvalue weighted by atomic mass is 32.2. The Balaban J connectivity index is 2.10. The first-order valence-electron chi connectivity index (χ1n) is 7.36. The maximum Gasteiger partial charge on any atom is 0.208 e. The second kappa shape index (κ2) is 7.04. The zero-order valence-electron chi connectivity index (χ0n) is 12.8. The van der Waals surface area contributed by atoms with Crippen LogP contribution in [0.3, 0.4) is 0 Å². The van der Waals surface area contributed by atoms with Crippen LogP contribution in [0.5, 0.6) is 0 Å². The molecule has 0 unspecified atom stereocenters. The zero-order valence-corrected chi connectivity index (χ0v) is 13.6. The third kappa shape index (κ3) is 7.28. The molecule has 0 bridgehead atoms. The van der Waals surface area contributed by atoms with E-state index in [9.17, 15) is 8.42 Å². The summed E-state index contributed by atoms with van der Waals surface area (Å²) in [5.74, 6) is 0.845. The molecule has 0 amide bonds. The largest absolute Gasteiger partial charge is 0.314 e. The Morgan fingerprint density at radius 3 is 2.11 bits per heavy atom. The van der Waals surface area contributed by atoms with Crippen LogP contribution in [0.2, 0.25) is 0 Å². The Hall–Kier alpha value is -0.130. The van der Waals surface area contributed by atoms with Gasteiger partial charge in [0, 0.05) is 12.6 Å². The molecule has 1 aliphatic rings. The van der Waals surface area contributed by atoms with Gasteiger partial charge in [-0.3, -0.25) is 0 Å². The van der Waals surface area contributed by atoms with E-state index in [2.05, 4.69) is 30.8 Å². The first kappa shape index (κ1) is 16.9. The standard InChI is InChI=1S/C14H30N2O2S/c1-14(2,3)12-6-8-13(9-7-12)15-10-5-11-16-19(4,17)18/h12-13,15-16H,5-11H2,1-4H3. The van der Waals surface area contributed by atoms with Crippen LogP contribution < -0.4 is 10.0 Å². The molecule has 0 aromatic carbocycles. The van der Waals surface area contributed by atoms with Gasteiger partial charge >= 0.3 is 0 Å². The number of rotatable bonds is 6. The van der Waals surface area contributed by atoms with Crippen molar-refractivity contribution in [2.24, 2.45) is 11.3 Å². The van der Waals surface area contributed by atoms with Gasteiger partial charge in [-0.1, -0.05) is 20.8 Å². The van der Waals surface area contributed by atoms with Crippen LogP contribution in [0.25, 0.3) is 0 Å². The van der Waals surface area contributed by atoms with Gasteiger partial charge in [0.25, 0.3) is 0 Å². The van der Waals surface area contributed by atoms with Gasteiger partial charge in [0.15, 0.2) is 0 Å². The summed E-state index contributed by atoms with van der Waals surface area (Å²) in [6.45, 7) is 8.43. The van der Waals surface area contributed by atoms with Crippen LogP contribution in [0, 0.1) is 11.3 Å². The van der Waals surface area contributed by atoms with Crippen LogP contribution in [-0.4, -0.2) is 33.8 Å². The molecule has 1 fully saturated rings. The predicted octanol–water partition coefficient (Wildman–Crippen LogP) is 2.12. The fourth-order valence-corrected chi connectivity index (χ4v) is 3.33. The van der Waals surface area contributed by atoms with E-state index in [4.69, 9.17) is 0 Å². The molecule has 1 rings (SSSR count). The van der Waals surface area contributed by atoms with E-state index in [1.807, 2.05) is 0 Å². The van der Waals surface area contributed by atoms with Crippen molar-refractivity contribution in [1.29, 1.82) is 0 Å². The third-order valence-electron chi connectivity index (χ3n) is 4.10. The molecule has 4 nitrogen and oxygen atoms in total. The lowest BCUT2D eigenvalue weighted by molar-refractivity contribution is 0.160. The summed E-state index contributed by atoms with van der Waals surface area (Å²) < 4.78 is 24.3. The van der Waals surface area contributed by atoms with E-state index in [0.717, 1.165) is 18.9 Å². The van der Waals surface area contributed by atoms with Crippen molar-refractivity contribution in [2.75, 3.05) is 19.3 Å². The fraction of sp³-hybridized carbons (Fsp3) is 1.00. The van der Waals surface area contributed by atoms with Crippen molar-refractivity contribution in [3.8, 4) is 0 Å². The van der Waals surface area contributed by atoms with Gasteiger partial charge in [0.2, 0.25) is 10.0 Å². The Morgan fingerprint density at radius 2 is 1.63 bits per heavy atom. The van der Waals surface area contributed by atoms with E-state index in [1.165, 1.54) is 31.9 Å². The number of nitrogens with one attached hydrogen (secondary N) is 2. The molecule has 0 radical (unpaired) electrons. The summed E-state index contributed by atoms with van der Waals surface area (Å²) in [5.41, 5.74) is 0.435. The van der Waals surface area contributed by atoms with E-state index < -0.39 is 10.0 Å². The van der Waals surface area contributed by atoms with Crippen molar-refractivity contribution in [1.82, 2.24) is 10.0 Å². The molecule has 0 heterocycles. The molecule has 5 heteroatoms. The van der Waals surface area contributed by atoms with E-state index >= 15 is 0 Å². The molecule has 1 aliphatic carbocycles. The Labute approximate surface area is 118 Å². The first-order chi connectivity index (χ1) is 8.68. The van der Waals surface area contributed by atoms with Crippen molar-refractivity contribution in [2.45, 2.75) is 58.9 Å². The number of hydrogen-bond acceptors (Lipinski definition) is 3. The molecule has 0 aromatic rings. The second-order valence-electron chi connectivity index (χ2n) is 6.89. The second-order valence-corrected chi connectivity index (χ2v) is 8.72. The Morgan fingerprint density at radius 1 is 1.05 bits per heavy atom. The lowest BCUT2D eigenvalue weighted by atomic mass is 9.71. The van der Waals surface area contributed by atoms with Gasteiger partial charge in [-0.25, -0.2) is 13.1 Å². The maximum absolute atomic E-state index is 10.9. The molecule has 0 spiro atoms. The lowest BCUT2D eigenvalue weighted by Gasteiger charge is -2.37. The highest BCUT2D eigenvalue weighted by Gasteiger charge is 2.29. The third-order valence-corrected chi connectivity index (χ3v) is 4.83. The highest BCUT2D eigenvalue weighted by Crippen LogP contribution is 2.37. The summed E-state index contributed by atoms with van der Waals surface area (Å²) in [4.78, 5) is 0. The molecular formula is C14H30N2O2S. The molecule has 114 valence electrons. The number of sulfonamides is 1. The van der Waals surface area contributed by atoms with Crippen LogP contribution in [-0.2, 0) is 10.0 Å². The first-order valence-corrected chi connectivity index (χ1v) is 9.25. The molecule has 0 aromatic heterocycles. The Bertz CT molecular complexity index is 352. The van der Waals surface area contributed by atoms with Crippen molar-refractivity contribution >= 4 is 10.0 Å². The van der Waals surface area contributed by atoms with Gasteiger partial charge in [0.05, 0.1) is 6.26 Å². The summed E-state index contributed by atoms with van der Waals surface area (Å²) in [6, 6.07) is 0.622. The zero-order chi connectivity index (χ0) is 14.5. The van der Waals surface area contributed by atoms with Crippen molar-refractivity contribution < 1.29 is 8.42 Å². The maximum atomic E-state index is 10.9. The summed E-state index contributed by atoms with van der Waals surface area (Å²) >= 11 is 0. The highest BCUT2D eigenvalue weighted by molar-refractivity contribution is 7.88. The van der Waals surface area contributed by atoms with Gasteiger partial charge in [-0.15, -0.1) is 0 Å². The Kier molecular flexibility index (Phi) is 6.27. The average molecular weight is 290 g/mol. The van der Waals surface area contributed by atoms with Gasteiger partial charge in [-0.05, 0) is 50.0 Å².